The molecule has 1 heterocycles. The Morgan fingerprint density at radius 1 is 1.27 bits per heavy atom. The number of hydrogen-bond acceptors (Lipinski definition) is 5. The van der Waals surface area contributed by atoms with Crippen molar-refractivity contribution >= 4 is 40.3 Å². The van der Waals surface area contributed by atoms with Crippen molar-refractivity contribution in [3.63, 3.8) is 0 Å². The van der Waals surface area contributed by atoms with Crippen LogP contribution < -0.4 is 4.74 Å². The molecule has 1 saturated heterocycles. The van der Waals surface area contributed by atoms with E-state index in [9.17, 15) is 0 Å². The molecule has 0 spiro atoms. The molecule has 1 N–H and O–H groups in total. The summed E-state index contributed by atoms with van der Waals surface area (Å²) < 4.78 is 5.57. The van der Waals surface area contributed by atoms with Crippen molar-refractivity contribution in [2.75, 3.05) is 20.0 Å². The van der Waals surface area contributed by atoms with Crippen molar-refractivity contribution < 1.29 is 9.63 Å². The molecule has 0 radical (unpaired) electrons. The Labute approximate surface area is 149 Å². The van der Waals surface area contributed by atoms with Crippen LogP contribution in [0.5, 0.6) is 5.75 Å². The Hall–Kier alpha value is 0.460. The van der Waals surface area contributed by atoms with E-state index in [2.05, 4.69) is 26.0 Å². The van der Waals surface area contributed by atoms with Crippen molar-refractivity contribution in [2.24, 2.45) is 0 Å². The maximum atomic E-state index is 8.39. The zero-order chi connectivity index (χ0) is 17.2. The van der Waals surface area contributed by atoms with Crippen LogP contribution >= 0.6 is 40.3 Å². The molecule has 2 nitrogen and oxygen atoms in total. The van der Waals surface area contributed by atoms with Crippen molar-refractivity contribution in [3.8, 4) is 5.75 Å². The van der Waals surface area contributed by atoms with Crippen LogP contribution in [-0.2, 0) is 0 Å². The van der Waals surface area contributed by atoms with Crippen LogP contribution in [0.4, 0.5) is 0 Å². The molecule has 128 valence electrons. The summed E-state index contributed by atoms with van der Waals surface area (Å²) in [6.07, 6.45) is 3.14. The molecule has 1 aliphatic rings. The molecule has 1 fully saturated rings. The highest BCUT2D eigenvalue weighted by Gasteiger charge is 2.33. The second-order valence-corrected chi connectivity index (χ2v) is 12.1. The van der Waals surface area contributed by atoms with Crippen LogP contribution in [0.3, 0.4) is 0 Å². The molecule has 1 aromatic carbocycles. The summed E-state index contributed by atoms with van der Waals surface area (Å²) in [7, 11) is 5.01. The molecule has 0 aromatic heterocycles. The third kappa shape index (κ3) is 8.93. The SMILES string of the molecule is CC.COc1ccc(C2CC(C)(C)SS2)cc1.CSP(C)O. The zero-order valence-electron chi connectivity index (χ0n) is 14.6. The monoisotopic (exact) mass is 380 g/mol. The fraction of sp³-hybridized carbons (Fsp3) is 0.625. The second-order valence-electron chi connectivity index (χ2n) is 5.05. The molecule has 0 aliphatic carbocycles. The summed E-state index contributed by atoms with van der Waals surface area (Å²) in [4.78, 5) is 8.39. The van der Waals surface area contributed by atoms with Crippen molar-refractivity contribution in [3.05, 3.63) is 29.8 Å². The van der Waals surface area contributed by atoms with Crippen LogP contribution in [0.25, 0.3) is 0 Å². The Balaban J connectivity index is 0.000000540. The maximum Gasteiger partial charge on any atom is 0.118 e. The van der Waals surface area contributed by atoms with E-state index >= 15 is 0 Å². The second kappa shape index (κ2) is 11.9. The van der Waals surface area contributed by atoms with E-state index in [4.69, 9.17) is 9.63 Å². The highest BCUT2D eigenvalue weighted by atomic mass is 33.1. The minimum atomic E-state index is -0.682. The maximum absolute atomic E-state index is 8.39. The van der Waals surface area contributed by atoms with Gasteiger partial charge in [0.15, 0.2) is 0 Å². The van der Waals surface area contributed by atoms with E-state index < -0.39 is 7.35 Å². The largest absolute Gasteiger partial charge is 0.497 e. The standard InChI is InChI=1S/C12H16OS2.C2H7OPS.C2H6/c1-12(2)8-11(14-15-12)9-4-6-10(13-3)7-5-9;1-4(3)5-2;1-2/h4-7,11H,8H2,1-3H3;3H,1-2H3;1-2H3. The highest BCUT2D eigenvalue weighted by Crippen LogP contribution is 2.57. The fourth-order valence-electron chi connectivity index (χ4n) is 1.69. The van der Waals surface area contributed by atoms with Crippen LogP contribution in [0, 0.1) is 0 Å². The van der Waals surface area contributed by atoms with Gasteiger partial charge in [0, 0.05) is 10.00 Å². The van der Waals surface area contributed by atoms with E-state index in [1.807, 2.05) is 53.8 Å². The summed E-state index contributed by atoms with van der Waals surface area (Å²) in [5.74, 6) is 0.939. The predicted octanol–water partition coefficient (Wildman–Crippen LogP) is 6.61. The van der Waals surface area contributed by atoms with Crippen molar-refractivity contribution in [2.45, 2.75) is 44.1 Å². The number of benzene rings is 1. The van der Waals surface area contributed by atoms with E-state index in [0.717, 1.165) is 5.75 Å². The normalized spacial score (nSPS) is 20.1. The molecule has 2 rings (SSSR count). The van der Waals surface area contributed by atoms with Gasteiger partial charge in [-0.05, 0) is 50.9 Å². The first-order chi connectivity index (χ1) is 10.4. The van der Waals surface area contributed by atoms with Crippen LogP contribution in [0.15, 0.2) is 24.3 Å². The lowest BCUT2D eigenvalue weighted by Gasteiger charge is -2.14. The third-order valence-corrected chi connectivity index (χ3v) is 8.66. The molecule has 0 amide bonds. The smallest absolute Gasteiger partial charge is 0.118 e. The minimum Gasteiger partial charge on any atom is -0.497 e. The molecular formula is C16H29O2PS3. The van der Waals surface area contributed by atoms with Crippen LogP contribution in [-0.4, -0.2) is 29.7 Å². The molecule has 0 bridgehead atoms. The zero-order valence-corrected chi connectivity index (χ0v) is 18.0. The van der Waals surface area contributed by atoms with Crippen LogP contribution in [0.2, 0.25) is 0 Å². The molecule has 1 aromatic rings. The summed E-state index contributed by atoms with van der Waals surface area (Å²) in [6, 6.07) is 8.45. The Morgan fingerprint density at radius 2 is 1.77 bits per heavy atom. The van der Waals surface area contributed by atoms with Gasteiger partial charge in [-0.15, -0.1) is 11.4 Å². The summed E-state index contributed by atoms with van der Waals surface area (Å²) in [5.41, 5.74) is 1.42. The lowest BCUT2D eigenvalue weighted by molar-refractivity contribution is 0.414. The van der Waals surface area contributed by atoms with Gasteiger partial charge in [0.1, 0.15) is 5.75 Å². The van der Waals surface area contributed by atoms with Gasteiger partial charge >= 0.3 is 0 Å². The third-order valence-electron chi connectivity index (χ3n) is 2.82. The van der Waals surface area contributed by atoms with Gasteiger partial charge in [-0.25, -0.2) is 0 Å². The molecule has 0 saturated carbocycles. The minimum absolute atomic E-state index is 0.412. The highest BCUT2D eigenvalue weighted by molar-refractivity contribution is 8.77. The molecule has 1 aliphatic heterocycles. The fourth-order valence-corrected chi connectivity index (χ4v) is 5.04. The molecular weight excluding hydrogens is 351 g/mol. The Morgan fingerprint density at radius 3 is 2.09 bits per heavy atom. The van der Waals surface area contributed by atoms with E-state index in [1.165, 1.54) is 23.4 Å². The molecule has 2 atom stereocenters. The van der Waals surface area contributed by atoms with Gasteiger partial charge < -0.3 is 9.63 Å². The summed E-state index contributed by atoms with van der Waals surface area (Å²) in [6.45, 7) is 10.4. The Kier molecular flexibility index (Phi) is 12.2. The van der Waals surface area contributed by atoms with Gasteiger partial charge in [-0.2, -0.15) is 0 Å². The predicted molar refractivity (Wildman–Crippen MR) is 110 cm³/mol. The first kappa shape index (κ1) is 22.5. The van der Waals surface area contributed by atoms with Crippen LogP contribution in [0.1, 0.15) is 44.9 Å². The summed E-state index contributed by atoms with van der Waals surface area (Å²) in [5, 5.41) is 0.635. The van der Waals surface area contributed by atoms with E-state index in [1.54, 1.807) is 13.8 Å². The Bertz CT molecular complexity index is 397. The number of ether oxygens (including phenoxy) is 1. The molecule has 22 heavy (non-hydrogen) atoms. The molecule has 2 unspecified atom stereocenters. The van der Waals surface area contributed by atoms with Gasteiger partial charge in [-0.1, -0.05) is 47.6 Å². The first-order valence-corrected chi connectivity index (χ1v) is 13.1. The number of hydrogen-bond donors (Lipinski definition) is 1. The summed E-state index contributed by atoms with van der Waals surface area (Å²) >= 11 is 1.50. The topological polar surface area (TPSA) is 29.5 Å². The number of rotatable bonds is 3. The molecule has 6 heteroatoms. The van der Waals surface area contributed by atoms with E-state index in [-0.39, 0.29) is 0 Å². The van der Waals surface area contributed by atoms with Gasteiger partial charge in [-0.3, -0.25) is 0 Å². The van der Waals surface area contributed by atoms with Crippen molar-refractivity contribution in [1.29, 1.82) is 0 Å². The quantitative estimate of drug-likeness (QED) is 0.471. The lowest BCUT2D eigenvalue weighted by atomic mass is 10.0. The average molecular weight is 381 g/mol. The van der Waals surface area contributed by atoms with E-state index in [0.29, 0.717) is 10.00 Å². The lowest BCUT2D eigenvalue weighted by Crippen LogP contribution is -2.09. The number of methoxy groups -OCH3 is 1. The first-order valence-electron chi connectivity index (χ1n) is 7.33. The van der Waals surface area contributed by atoms with Gasteiger partial charge in [0.05, 0.1) is 14.5 Å². The average Bonchev–Trinajstić information content (AvgIpc) is 2.90. The van der Waals surface area contributed by atoms with Gasteiger partial charge in [0.25, 0.3) is 0 Å². The van der Waals surface area contributed by atoms with Crippen molar-refractivity contribution in [1.82, 2.24) is 0 Å². The van der Waals surface area contributed by atoms with Gasteiger partial charge in [0.2, 0.25) is 0 Å².